The number of rotatable bonds is 7. The summed E-state index contributed by atoms with van der Waals surface area (Å²) in [7, 11) is 0. The van der Waals surface area contributed by atoms with Gasteiger partial charge in [0, 0.05) is 11.5 Å². The highest BCUT2D eigenvalue weighted by Gasteiger charge is 2.32. The van der Waals surface area contributed by atoms with E-state index in [0.717, 1.165) is 35.5 Å². The van der Waals surface area contributed by atoms with Crippen molar-refractivity contribution >= 4 is 17.6 Å². The van der Waals surface area contributed by atoms with Crippen LogP contribution < -0.4 is 10.6 Å². The van der Waals surface area contributed by atoms with Gasteiger partial charge in [-0.3, -0.25) is 9.59 Å². The standard InChI is InChI=1S/C28H33F3N4O3/c1-17(32-25(38)23(36)18-12-14-20(15-13-18)28(29,30)31)24(37)33-22-16-21(34-35(22)26(2,3)4)27(5,6)19-10-8-7-9-11-19/h7-17,23,36H,1-6H3,(H,32,38)(H,33,37). The molecule has 3 N–H and O–H groups in total. The highest BCUT2D eigenvalue weighted by atomic mass is 19.4. The minimum absolute atomic E-state index is 0.0262. The maximum absolute atomic E-state index is 13.0. The molecule has 0 saturated heterocycles. The summed E-state index contributed by atoms with van der Waals surface area (Å²) >= 11 is 0. The summed E-state index contributed by atoms with van der Waals surface area (Å²) in [4.78, 5) is 25.5. The number of amides is 2. The Balaban J connectivity index is 1.76. The Labute approximate surface area is 220 Å². The van der Waals surface area contributed by atoms with Crippen LogP contribution in [0.2, 0.25) is 0 Å². The van der Waals surface area contributed by atoms with Crippen LogP contribution in [0.25, 0.3) is 0 Å². The summed E-state index contributed by atoms with van der Waals surface area (Å²) in [6, 6.07) is 14.2. The van der Waals surface area contributed by atoms with Crippen molar-refractivity contribution in [1.82, 2.24) is 15.1 Å². The summed E-state index contributed by atoms with van der Waals surface area (Å²) in [5.41, 5.74) is -0.0620. The van der Waals surface area contributed by atoms with Crippen LogP contribution in [0.15, 0.2) is 60.7 Å². The first kappa shape index (κ1) is 28.9. The zero-order chi connectivity index (χ0) is 28.5. The number of carbonyl (C=O) groups excluding carboxylic acids is 2. The van der Waals surface area contributed by atoms with E-state index < -0.39 is 46.7 Å². The highest BCUT2D eigenvalue weighted by Crippen LogP contribution is 2.34. The molecule has 2 aromatic carbocycles. The predicted molar refractivity (Wildman–Crippen MR) is 138 cm³/mol. The fourth-order valence-corrected chi connectivity index (χ4v) is 3.89. The molecule has 0 radical (unpaired) electrons. The molecule has 0 aliphatic heterocycles. The van der Waals surface area contributed by atoms with Gasteiger partial charge in [0.15, 0.2) is 6.10 Å². The van der Waals surface area contributed by atoms with Crippen molar-refractivity contribution in [2.45, 2.75) is 70.8 Å². The van der Waals surface area contributed by atoms with Crippen molar-refractivity contribution in [3.05, 3.63) is 83.0 Å². The van der Waals surface area contributed by atoms with E-state index in [1.165, 1.54) is 6.92 Å². The molecule has 2 atom stereocenters. The maximum Gasteiger partial charge on any atom is 0.416 e. The van der Waals surface area contributed by atoms with E-state index in [1.807, 2.05) is 65.0 Å². The molecule has 0 fully saturated rings. The Morgan fingerprint density at radius 1 is 0.895 bits per heavy atom. The van der Waals surface area contributed by atoms with Gasteiger partial charge in [-0.25, -0.2) is 4.68 Å². The highest BCUT2D eigenvalue weighted by molar-refractivity contribution is 5.97. The van der Waals surface area contributed by atoms with Crippen molar-refractivity contribution in [1.29, 1.82) is 0 Å². The van der Waals surface area contributed by atoms with Crippen LogP contribution in [0.4, 0.5) is 19.0 Å². The van der Waals surface area contributed by atoms with Gasteiger partial charge in [-0.1, -0.05) is 56.3 Å². The number of hydrogen-bond acceptors (Lipinski definition) is 4. The summed E-state index contributed by atoms with van der Waals surface area (Å²) in [6.45, 7) is 11.4. The van der Waals surface area contributed by atoms with E-state index in [2.05, 4.69) is 10.6 Å². The molecule has 38 heavy (non-hydrogen) atoms. The zero-order valence-electron chi connectivity index (χ0n) is 22.2. The number of alkyl halides is 3. The number of aliphatic hydroxyl groups is 1. The largest absolute Gasteiger partial charge is 0.416 e. The molecule has 3 rings (SSSR count). The van der Waals surface area contributed by atoms with Crippen molar-refractivity contribution in [3.8, 4) is 0 Å². The van der Waals surface area contributed by atoms with Gasteiger partial charge in [0.2, 0.25) is 5.91 Å². The van der Waals surface area contributed by atoms with E-state index in [0.29, 0.717) is 5.82 Å². The smallest absolute Gasteiger partial charge is 0.378 e. The van der Waals surface area contributed by atoms with Gasteiger partial charge in [-0.05, 0) is 51.0 Å². The second kappa shape index (κ2) is 10.6. The molecule has 0 aliphatic rings. The Bertz CT molecular complexity index is 1280. The zero-order valence-corrected chi connectivity index (χ0v) is 22.2. The molecule has 2 unspecified atom stereocenters. The lowest BCUT2D eigenvalue weighted by molar-refractivity contribution is -0.137. The lowest BCUT2D eigenvalue weighted by Gasteiger charge is -2.25. The van der Waals surface area contributed by atoms with E-state index in [1.54, 1.807) is 10.7 Å². The van der Waals surface area contributed by atoms with Gasteiger partial charge >= 0.3 is 6.18 Å². The normalized spacial score (nSPS) is 14.1. The van der Waals surface area contributed by atoms with Crippen LogP contribution in [-0.4, -0.2) is 32.7 Å². The van der Waals surface area contributed by atoms with Crippen LogP contribution in [-0.2, 0) is 26.7 Å². The molecular formula is C28H33F3N4O3. The second-order valence-electron chi connectivity index (χ2n) is 10.7. The fraction of sp³-hybridized carbons (Fsp3) is 0.393. The van der Waals surface area contributed by atoms with Crippen LogP contribution >= 0.6 is 0 Å². The molecule has 10 heteroatoms. The average Bonchev–Trinajstić information content (AvgIpc) is 3.29. The first-order valence-corrected chi connectivity index (χ1v) is 12.1. The fourth-order valence-electron chi connectivity index (χ4n) is 3.89. The van der Waals surface area contributed by atoms with Gasteiger partial charge in [0.25, 0.3) is 5.91 Å². The number of halogens is 3. The number of aliphatic hydroxyl groups excluding tert-OH is 1. The molecular weight excluding hydrogens is 497 g/mol. The minimum Gasteiger partial charge on any atom is -0.378 e. The number of anilines is 1. The molecule has 204 valence electrons. The first-order chi connectivity index (χ1) is 17.5. The number of aromatic nitrogens is 2. The Kier molecular flexibility index (Phi) is 8.07. The van der Waals surface area contributed by atoms with Gasteiger partial charge in [-0.15, -0.1) is 0 Å². The van der Waals surface area contributed by atoms with Gasteiger partial charge in [0.1, 0.15) is 11.9 Å². The second-order valence-corrected chi connectivity index (χ2v) is 10.7. The molecule has 1 aromatic heterocycles. The molecule has 0 spiro atoms. The topological polar surface area (TPSA) is 96.2 Å². The van der Waals surface area contributed by atoms with E-state index in [9.17, 15) is 27.9 Å². The summed E-state index contributed by atoms with van der Waals surface area (Å²) in [6.07, 6.45) is -6.28. The third-order valence-corrected chi connectivity index (χ3v) is 6.29. The number of carbonyl (C=O) groups is 2. The number of hydrogen-bond donors (Lipinski definition) is 3. The number of nitrogens with one attached hydrogen (secondary N) is 2. The van der Waals surface area contributed by atoms with E-state index >= 15 is 0 Å². The van der Waals surface area contributed by atoms with Crippen LogP contribution in [0, 0.1) is 0 Å². The number of benzene rings is 2. The maximum atomic E-state index is 13.0. The van der Waals surface area contributed by atoms with Crippen LogP contribution in [0.5, 0.6) is 0 Å². The summed E-state index contributed by atoms with van der Waals surface area (Å²) in [5, 5.41) is 20.3. The van der Waals surface area contributed by atoms with E-state index in [4.69, 9.17) is 5.10 Å². The van der Waals surface area contributed by atoms with Crippen LogP contribution in [0.3, 0.4) is 0 Å². The lowest BCUT2D eigenvalue weighted by Crippen LogP contribution is -2.44. The molecule has 0 saturated carbocycles. The monoisotopic (exact) mass is 530 g/mol. The summed E-state index contributed by atoms with van der Waals surface area (Å²) in [5.74, 6) is -1.03. The van der Waals surface area contributed by atoms with E-state index in [-0.39, 0.29) is 5.56 Å². The first-order valence-electron chi connectivity index (χ1n) is 12.1. The van der Waals surface area contributed by atoms with Crippen molar-refractivity contribution < 1.29 is 27.9 Å². The molecule has 0 bridgehead atoms. The molecule has 3 aromatic rings. The van der Waals surface area contributed by atoms with Crippen LogP contribution in [0.1, 0.15) is 70.0 Å². The van der Waals surface area contributed by atoms with Gasteiger partial charge in [-0.2, -0.15) is 18.3 Å². The molecule has 7 nitrogen and oxygen atoms in total. The van der Waals surface area contributed by atoms with Crippen molar-refractivity contribution in [2.75, 3.05) is 5.32 Å². The Morgan fingerprint density at radius 3 is 2.00 bits per heavy atom. The Morgan fingerprint density at radius 2 is 1.47 bits per heavy atom. The predicted octanol–water partition coefficient (Wildman–Crippen LogP) is 5.16. The number of nitrogens with zero attached hydrogens (tertiary/aromatic N) is 2. The average molecular weight is 531 g/mol. The Hall–Kier alpha value is -3.66. The summed E-state index contributed by atoms with van der Waals surface area (Å²) < 4.78 is 40.1. The third kappa shape index (κ3) is 6.42. The lowest BCUT2D eigenvalue weighted by atomic mass is 9.82. The van der Waals surface area contributed by atoms with Crippen molar-refractivity contribution in [3.63, 3.8) is 0 Å². The SMILES string of the molecule is CC(NC(=O)C(O)c1ccc(C(F)(F)F)cc1)C(=O)Nc1cc(C(C)(C)c2ccccc2)nn1C(C)(C)C. The molecule has 1 heterocycles. The van der Waals surface area contributed by atoms with Gasteiger partial charge in [0.05, 0.1) is 16.8 Å². The van der Waals surface area contributed by atoms with Gasteiger partial charge < -0.3 is 15.7 Å². The quantitative estimate of drug-likeness (QED) is 0.393. The minimum atomic E-state index is -4.53. The molecule has 0 aliphatic carbocycles. The molecule has 2 amide bonds. The van der Waals surface area contributed by atoms with Crippen molar-refractivity contribution in [2.24, 2.45) is 0 Å². The third-order valence-electron chi connectivity index (χ3n) is 6.29.